The first-order valence-corrected chi connectivity index (χ1v) is 11.7. The number of thiocarbonyl (C=S) groups is 1. The Hall–Kier alpha value is -2.84. The van der Waals surface area contributed by atoms with Crippen molar-refractivity contribution >= 4 is 69.4 Å². The van der Waals surface area contributed by atoms with Crippen LogP contribution in [0.2, 0.25) is 10.0 Å². The molecule has 9 heteroatoms. The van der Waals surface area contributed by atoms with Crippen LogP contribution in [-0.2, 0) is 11.4 Å². The van der Waals surface area contributed by atoms with Crippen molar-refractivity contribution in [2.45, 2.75) is 6.61 Å². The molecule has 0 spiro atoms. The largest absolute Gasteiger partial charge is 0.489 e. The van der Waals surface area contributed by atoms with Crippen molar-refractivity contribution in [1.82, 2.24) is 10.4 Å². The van der Waals surface area contributed by atoms with E-state index in [1.165, 1.54) is 0 Å². The lowest BCUT2D eigenvalue weighted by Crippen LogP contribution is -2.44. The average molecular weight is 515 g/mol. The Kier molecular flexibility index (Phi) is 7.35. The zero-order valence-electron chi connectivity index (χ0n) is 17.0. The molecule has 3 aromatic rings. The fraction of sp³-hybridized carbons (Fsp3) is 0.0417. The van der Waals surface area contributed by atoms with Crippen LogP contribution in [0.5, 0.6) is 5.75 Å². The number of amides is 2. The third-order valence-corrected chi connectivity index (χ3v) is 6.51. The summed E-state index contributed by atoms with van der Waals surface area (Å²) in [6, 6.07) is 21.3. The number of benzene rings is 3. The van der Waals surface area contributed by atoms with Crippen molar-refractivity contribution < 1.29 is 14.3 Å². The van der Waals surface area contributed by atoms with Crippen molar-refractivity contribution in [2.24, 2.45) is 0 Å². The van der Waals surface area contributed by atoms with Crippen LogP contribution in [0.3, 0.4) is 0 Å². The van der Waals surface area contributed by atoms with Crippen molar-refractivity contribution in [3.63, 3.8) is 0 Å². The van der Waals surface area contributed by atoms with E-state index < -0.39 is 11.8 Å². The molecule has 1 aliphatic rings. The zero-order chi connectivity index (χ0) is 23.4. The van der Waals surface area contributed by atoms with E-state index in [0.29, 0.717) is 22.3 Å². The molecule has 166 valence electrons. The van der Waals surface area contributed by atoms with Gasteiger partial charge in [-0.25, -0.2) is 0 Å². The quantitative estimate of drug-likeness (QED) is 0.317. The van der Waals surface area contributed by atoms with E-state index in [1.54, 1.807) is 30.3 Å². The minimum Gasteiger partial charge on any atom is -0.489 e. The number of halogens is 2. The second kappa shape index (κ2) is 10.4. The number of hydrogen-bond donors (Lipinski definition) is 1. The van der Waals surface area contributed by atoms with Crippen LogP contribution < -0.4 is 10.2 Å². The second-order valence-electron chi connectivity index (χ2n) is 6.92. The molecule has 0 aliphatic carbocycles. The van der Waals surface area contributed by atoms with Gasteiger partial charge in [0.25, 0.3) is 11.8 Å². The van der Waals surface area contributed by atoms with E-state index in [-0.39, 0.29) is 14.9 Å². The first-order chi connectivity index (χ1) is 15.9. The van der Waals surface area contributed by atoms with Gasteiger partial charge in [0.05, 0.1) is 15.5 Å². The van der Waals surface area contributed by atoms with Gasteiger partial charge in [-0.1, -0.05) is 71.4 Å². The summed E-state index contributed by atoms with van der Waals surface area (Å²) >= 11 is 18.3. The van der Waals surface area contributed by atoms with Crippen LogP contribution >= 0.6 is 47.2 Å². The van der Waals surface area contributed by atoms with Gasteiger partial charge in [0.2, 0.25) is 0 Å². The predicted molar refractivity (Wildman–Crippen MR) is 136 cm³/mol. The molecule has 4 rings (SSSR count). The number of nitrogens with one attached hydrogen (secondary N) is 1. The monoisotopic (exact) mass is 514 g/mol. The normalized spacial score (nSPS) is 14.6. The van der Waals surface area contributed by atoms with Gasteiger partial charge in [0, 0.05) is 5.02 Å². The Balaban J connectivity index is 1.40. The minimum absolute atomic E-state index is 0.231. The molecular formula is C24H16Cl2N2O3S2. The van der Waals surface area contributed by atoms with E-state index in [2.05, 4.69) is 5.43 Å². The average Bonchev–Trinajstić information content (AvgIpc) is 3.07. The molecular weight excluding hydrogens is 499 g/mol. The highest BCUT2D eigenvalue weighted by atomic mass is 35.5. The number of thioether (sulfide) groups is 1. The fourth-order valence-electron chi connectivity index (χ4n) is 2.93. The molecule has 0 aromatic heterocycles. The first-order valence-electron chi connectivity index (χ1n) is 9.71. The van der Waals surface area contributed by atoms with Crippen LogP contribution in [0.1, 0.15) is 21.5 Å². The summed E-state index contributed by atoms with van der Waals surface area (Å²) in [5, 5.41) is 2.02. The van der Waals surface area contributed by atoms with Crippen LogP contribution in [0.25, 0.3) is 6.08 Å². The molecule has 0 bridgehead atoms. The summed E-state index contributed by atoms with van der Waals surface area (Å²) in [4.78, 5) is 25.7. The number of hydrazine groups is 1. The summed E-state index contributed by atoms with van der Waals surface area (Å²) in [5.41, 5.74) is 4.58. The second-order valence-corrected chi connectivity index (χ2v) is 9.44. The number of hydrogen-bond acceptors (Lipinski definition) is 5. The third-order valence-electron chi connectivity index (χ3n) is 4.62. The Morgan fingerprint density at radius 2 is 1.73 bits per heavy atom. The summed E-state index contributed by atoms with van der Waals surface area (Å²) in [5.74, 6) is -0.226. The smallest absolute Gasteiger partial charge is 0.285 e. The molecule has 5 nitrogen and oxygen atoms in total. The summed E-state index contributed by atoms with van der Waals surface area (Å²) in [7, 11) is 0. The van der Waals surface area contributed by atoms with Crippen molar-refractivity contribution in [2.75, 3.05) is 0 Å². The molecule has 0 saturated carbocycles. The molecule has 1 heterocycles. The molecule has 1 saturated heterocycles. The lowest BCUT2D eigenvalue weighted by atomic mass is 10.2. The third kappa shape index (κ3) is 5.75. The number of rotatable bonds is 6. The molecule has 1 aliphatic heterocycles. The summed E-state index contributed by atoms with van der Waals surface area (Å²) in [6.45, 7) is 0.417. The van der Waals surface area contributed by atoms with Gasteiger partial charge in [0.15, 0.2) is 4.32 Å². The Morgan fingerprint density at radius 3 is 2.42 bits per heavy atom. The minimum atomic E-state index is -0.514. The number of carbonyl (C=O) groups excluding carboxylic acids is 2. The lowest BCUT2D eigenvalue weighted by molar-refractivity contribution is -0.123. The van der Waals surface area contributed by atoms with Crippen LogP contribution in [0, 0.1) is 0 Å². The van der Waals surface area contributed by atoms with Gasteiger partial charge < -0.3 is 4.74 Å². The maximum Gasteiger partial charge on any atom is 0.285 e. The van der Waals surface area contributed by atoms with E-state index in [9.17, 15) is 9.59 Å². The van der Waals surface area contributed by atoms with Gasteiger partial charge >= 0.3 is 0 Å². The van der Waals surface area contributed by atoms with Crippen molar-refractivity contribution in [1.29, 1.82) is 0 Å². The van der Waals surface area contributed by atoms with Gasteiger partial charge in [-0.3, -0.25) is 15.0 Å². The van der Waals surface area contributed by atoms with E-state index in [0.717, 1.165) is 27.9 Å². The van der Waals surface area contributed by atoms with Gasteiger partial charge in [-0.05, 0) is 65.8 Å². The lowest BCUT2D eigenvalue weighted by Gasteiger charge is -2.16. The van der Waals surface area contributed by atoms with E-state index in [4.69, 9.17) is 40.2 Å². The predicted octanol–water partition coefficient (Wildman–Crippen LogP) is 6.12. The molecule has 0 unspecified atom stereocenters. The molecule has 1 N–H and O–H groups in total. The van der Waals surface area contributed by atoms with E-state index >= 15 is 0 Å². The van der Waals surface area contributed by atoms with Gasteiger partial charge in [-0.2, -0.15) is 5.01 Å². The van der Waals surface area contributed by atoms with Crippen LogP contribution in [-0.4, -0.2) is 21.1 Å². The highest BCUT2D eigenvalue weighted by Gasteiger charge is 2.34. The Morgan fingerprint density at radius 1 is 1.03 bits per heavy atom. The van der Waals surface area contributed by atoms with E-state index in [1.807, 2.05) is 48.5 Å². The molecule has 3 aromatic carbocycles. The number of carbonyl (C=O) groups is 2. The molecule has 2 amide bonds. The molecule has 1 fully saturated rings. The molecule has 0 atom stereocenters. The maximum atomic E-state index is 12.8. The Labute approximate surface area is 210 Å². The molecule has 0 radical (unpaired) electrons. The summed E-state index contributed by atoms with van der Waals surface area (Å²) < 4.78 is 6.02. The van der Waals surface area contributed by atoms with Gasteiger partial charge in [0.1, 0.15) is 12.4 Å². The Bertz CT molecular complexity index is 1250. The number of nitrogens with zero attached hydrogens (tertiary/aromatic N) is 1. The molecule has 33 heavy (non-hydrogen) atoms. The van der Waals surface area contributed by atoms with Crippen molar-refractivity contribution in [3.05, 3.63) is 104 Å². The topological polar surface area (TPSA) is 58.6 Å². The highest BCUT2D eigenvalue weighted by molar-refractivity contribution is 8.26. The van der Waals surface area contributed by atoms with Gasteiger partial charge in [-0.15, -0.1) is 0 Å². The van der Waals surface area contributed by atoms with Crippen LogP contribution in [0.15, 0.2) is 77.7 Å². The maximum absolute atomic E-state index is 12.8. The SMILES string of the molecule is O=C(NN1C(=O)/C(=C/c2ccc(OCc3ccc(Cl)cc3)cc2)SC1=S)c1ccccc1Cl. The first kappa shape index (κ1) is 23.3. The summed E-state index contributed by atoms with van der Waals surface area (Å²) in [6.07, 6.45) is 1.71. The van der Waals surface area contributed by atoms with Crippen LogP contribution in [0.4, 0.5) is 0 Å². The number of ether oxygens (including phenoxy) is 1. The zero-order valence-corrected chi connectivity index (χ0v) is 20.1. The van der Waals surface area contributed by atoms with Crippen molar-refractivity contribution in [3.8, 4) is 5.75 Å². The standard InChI is InChI=1S/C24H16Cl2N2O3S2/c25-17-9-5-16(6-10-17)14-31-18-11-7-15(8-12-18)13-21-23(30)28(24(32)33-21)27-22(29)19-3-1-2-4-20(19)26/h1-13H,14H2,(H,27,29)/b21-13-. The highest BCUT2D eigenvalue weighted by Crippen LogP contribution is 2.32. The fourth-order valence-corrected chi connectivity index (χ4v) is 4.46.